The largest absolute Gasteiger partial charge is 0.497 e. The number of amides is 1. The number of nitrogens with zero attached hydrogens (tertiary/aromatic N) is 2. The molecule has 0 saturated carbocycles. The average molecular weight is 552 g/mol. The van der Waals surface area contributed by atoms with E-state index in [9.17, 15) is 4.79 Å². The molecular weight excluding hydrogens is 519 g/mol. The highest BCUT2D eigenvalue weighted by Gasteiger charge is 2.25. The van der Waals surface area contributed by atoms with Crippen LogP contribution < -0.4 is 15.4 Å². The van der Waals surface area contributed by atoms with E-state index >= 15 is 0 Å². The number of nitrogens with one attached hydrogen (secondary N) is 2. The molecule has 1 heterocycles. The van der Waals surface area contributed by atoms with E-state index in [0.29, 0.717) is 25.3 Å². The quantitative estimate of drug-likeness (QED) is 0.249. The molecule has 0 aliphatic carbocycles. The number of halogens is 1. The summed E-state index contributed by atoms with van der Waals surface area (Å²) in [5.41, 5.74) is 4.33. The molecule has 32 heavy (non-hydrogen) atoms. The van der Waals surface area contributed by atoms with Crippen LogP contribution in [0.1, 0.15) is 33.2 Å². The van der Waals surface area contributed by atoms with E-state index in [1.54, 1.807) is 38.4 Å². The number of benzene rings is 2. The molecule has 2 aromatic carbocycles. The van der Waals surface area contributed by atoms with Gasteiger partial charge in [0.25, 0.3) is 5.91 Å². The van der Waals surface area contributed by atoms with Crippen molar-refractivity contribution in [3.63, 3.8) is 0 Å². The lowest BCUT2D eigenvalue weighted by molar-refractivity contribution is -0.00829. The molecule has 8 heteroatoms. The lowest BCUT2D eigenvalue weighted by atomic mass is 10.00. The number of ether oxygens (including phenoxy) is 2. The number of aliphatic imine (C=N–C) groups is 1. The van der Waals surface area contributed by atoms with E-state index in [4.69, 9.17) is 9.47 Å². The van der Waals surface area contributed by atoms with Crippen LogP contribution in [-0.4, -0.2) is 63.7 Å². The Morgan fingerprint density at radius 3 is 2.53 bits per heavy atom. The van der Waals surface area contributed by atoms with Gasteiger partial charge in [0.05, 0.1) is 20.3 Å². The molecule has 1 amide bonds. The van der Waals surface area contributed by atoms with Crippen molar-refractivity contribution in [2.75, 3.05) is 46.9 Å². The fourth-order valence-corrected chi connectivity index (χ4v) is 3.74. The average Bonchev–Trinajstić information content (AvgIpc) is 2.79. The van der Waals surface area contributed by atoms with E-state index in [1.807, 2.05) is 0 Å². The summed E-state index contributed by atoms with van der Waals surface area (Å²) in [7, 11) is 3.38. The molecule has 174 valence electrons. The summed E-state index contributed by atoms with van der Waals surface area (Å²) < 4.78 is 11.2. The lowest BCUT2D eigenvalue weighted by Crippen LogP contribution is -2.49. The number of hydrogen-bond acceptors (Lipinski definition) is 4. The van der Waals surface area contributed by atoms with E-state index < -0.39 is 0 Å². The summed E-state index contributed by atoms with van der Waals surface area (Å²) in [5, 5.41) is 6.27. The molecule has 2 N–H and O–H groups in total. The third-order valence-electron chi connectivity index (χ3n) is 5.40. The van der Waals surface area contributed by atoms with Crippen LogP contribution in [0.3, 0.4) is 0 Å². The van der Waals surface area contributed by atoms with Crippen LogP contribution >= 0.6 is 24.0 Å². The molecule has 7 nitrogen and oxygen atoms in total. The Kier molecular flexibility index (Phi) is 10.2. The van der Waals surface area contributed by atoms with Gasteiger partial charge < -0.3 is 25.0 Å². The van der Waals surface area contributed by atoms with Crippen molar-refractivity contribution in [1.82, 2.24) is 15.5 Å². The van der Waals surface area contributed by atoms with Gasteiger partial charge in [-0.25, -0.2) is 0 Å². The van der Waals surface area contributed by atoms with E-state index in [2.05, 4.69) is 52.6 Å². The van der Waals surface area contributed by atoms with Crippen molar-refractivity contribution in [2.24, 2.45) is 4.99 Å². The van der Waals surface area contributed by atoms with Gasteiger partial charge in [-0.15, -0.1) is 24.0 Å². The highest BCUT2D eigenvalue weighted by Crippen LogP contribution is 2.25. The van der Waals surface area contributed by atoms with Gasteiger partial charge in [-0.05, 0) is 49.2 Å². The van der Waals surface area contributed by atoms with E-state index in [-0.39, 0.29) is 36.0 Å². The zero-order valence-electron chi connectivity index (χ0n) is 19.2. The van der Waals surface area contributed by atoms with Gasteiger partial charge in [0, 0.05) is 32.2 Å². The van der Waals surface area contributed by atoms with Gasteiger partial charge in [0.15, 0.2) is 5.96 Å². The Hall–Kier alpha value is -2.33. The molecule has 2 aromatic rings. The van der Waals surface area contributed by atoms with Crippen LogP contribution in [0.25, 0.3) is 0 Å². The van der Waals surface area contributed by atoms with Crippen LogP contribution in [0, 0.1) is 13.8 Å². The molecule has 1 aliphatic rings. The van der Waals surface area contributed by atoms with Gasteiger partial charge in [-0.2, -0.15) is 0 Å². The smallest absolute Gasteiger partial charge is 0.251 e. The van der Waals surface area contributed by atoms with Crippen molar-refractivity contribution in [3.05, 3.63) is 64.7 Å². The molecule has 1 fully saturated rings. The predicted octanol–water partition coefficient (Wildman–Crippen LogP) is 3.31. The van der Waals surface area contributed by atoms with E-state index in [1.165, 1.54) is 16.7 Å². The maximum atomic E-state index is 12.3. The molecule has 0 bridgehead atoms. The minimum atomic E-state index is -0.110. The number of morpholine rings is 1. The SMILES string of the molecule is CN=C(NCCNC(=O)c1ccc(OC)cc1)N1CCOC(c2ccc(C)cc2C)C1.I. The van der Waals surface area contributed by atoms with Crippen LogP contribution in [0.15, 0.2) is 47.5 Å². The van der Waals surface area contributed by atoms with Crippen molar-refractivity contribution >= 4 is 35.8 Å². The first-order valence-electron chi connectivity index (χ1n) is 10.6. The standard InChI is InChI=1S/C24H32N4O3.HI/c1-17-5-10-21(18(2)15-17)22-16-28(13-14-31-22)24(25-3)27-12-11-26-23(29)19-6-8-20(30-4)9-7-19;/h5-10,15,22H,11-14,16H2,1-4H3,(H,25,27)(H,26,29);1H. The second-order valence-corrected chi connectivity index (χ2v) is 7.62. The second-order valence-electron chi connectivity index (χ2n) is 7.62. The highest BCUT2D eigenvalue weighted by molar-refractivity contribution is 14.0. The first kappa shape index (κ1) is 25.9. The predicted molar refractivity (Wildman–Crippen MR) is 138 cm³/mol. The molecule has 1 saturated heterocycles. The Bertz CT molecular complexity index is 918. The zero-order valence-corrected chi connectivity index (χ0v) is 21.5. The fraction of sp³-hybridized carbons (Fsp3) is 0.417. The van der Waals surface area contributed by atoms with Gasteiger partial charge in [0.1, 0.15) is 11.9 Å². The van der Waals surface area contributed by atoms with Crippen LogP contribution in [-0.2, 0) is 4.74 Å². The minimum Gasteiger partial charge on any atom is -0.497 e. The van der Waals surface area contributed by atoms with Crippen molar-refractivity contribution < 1.29 is 14.3 Å². The Morgan fingerprint density at radius 1 is 1.16 bits per heavy atom. The molecule has 0 radical (unpaired) electrons. The van der Waals surface area contributed by atoms with Crippen LogP contribution in [0.4, 0.5) is 0 Å². The van der Waals surface area contributed by atoms with Crippen molar-refractivity contribution in [3.8, 4) is 5.75 Å². The summed E-state index contributed by atoms with van der Waals surface area (Å²) in [4.78, 5) is 18.9. The third-order valence-corrected chi connectivity index (χ3v) is 5.40. The van der Waals surface area contributed by atoms with Crippen molar-refractivity contribution in [2.45, 2.75) is 20.0 Å². The van der Waals surface area contributed by atoms with Crippen LogP contribution in [0.2, 0.25) is 0 Å². The summed E-state index contributed by atoms with van der Waals surface area (Å²) in [5.74, 6) is 1.43. The van der Waals surface area contributed by atoms with Crippen molar-refractivity contribution in [1.29, 1.82) is 0 Å². The van der Waals surface area contributed by atoms with Gasteiger partial charge in [-0.1, -0.05) is 23.8 Å². The molecule has 1 aliphatic heterocycles. The lowest BCUT2D eigenvalue weighted by Gasteiger charge is -2.35. The Morgan fingerprint density at radius 2 is 1.88 bits per heavy atom. The van der Waals surface area contributed by atoms with Gasteiger partial charge in [-0.3, -0.25) is 9.79 Å². The monoisotopic (exact) mass is 552 g/mol. The number of aryl methyl sites for hydroxylation is 2. The Balaban J connectivity index is 0.00000363. The van der Waals surface area contributed by atoms with E-state index in [0.717, 1.165) is 24.8 Å². The molecule has 1 atom stereocenters. The summed E-state index contributed by atoms with van der Waals surface area (Å²) in [6, 6.07) is 13.5. The maximum absolute atomic E-state index is 12.3. The molecule has 1 unspecified atom stereocenters. The maximum Gasteiger partial charge on any atom is 0.251 e. The second kappa shape index (κ2) is 12.6. The number of hydrogen-bond donors (Lipinski definition) is 2. The fourth-order valence-electron chi connectivity index (χ4n) is 3.74. The first-order chi connectivity index (χ1) is 15.0. The minimum absolute atomic E-state index is 0. The van der Waals surface area contributed by atoms with Crippen LogP contribution in [0.5, 0.6) is 5.75 Å². The Labute approximate surface area is 207 Å². The number of carbonyl (C=O) groups is 1. The molecule has 0 spiro atoms. The number of carbonyl (C=O) groups excluding carboxylic acids is 1. The topological polar surface area (TPSA) is 75.2 Å². The number of methoxy groups -OCH3 is 1. The molecular formula is C24H33IN4O3. The molecule has 0 aromatic heterocycles. The van der Waals surface area contributed by atoms with Gasteiger partial charge in [0.2, 0.25) is 0 Å². The summed E-state index contributed by atoms with van der Waals surface area (Å²) >= 11 is 0. The summed E-state index contributed by atoms with van der Waals surface area (Å²) in [6.07, 6.45) is 0.0164. The molecule has 3 rings (SSSR count). The number of rotatable bonds is 6. The van der Waals surface area contributed by atoms with Gasteiger partial charge >= 0.3 is 0 Å². The first-order valence-corrected chi connectivity index (χ1v) is 10.6. The normalized spacial score (nSPS) is 16.2. The number of guanidine groups is 1. The third kappa shape index (κ3) is 6.83. The highest BCUT2D eigenvalue weighted by atomic mass is 127. The zero-order chi connectivity index (χ0) is 22.2. The summed E-state index contributed by atoms with van der Waals surface area (Å²) in [6.45, 7) is 7.47.